The monoisotopic (exact) mass is 301 g/mol. The average molecular weight is 302 g/mol. The van der Waals surface area contributed by atoms with Gasteiger partial charge < -0.3 is 14.8 Å². The Labute approximate surface area is 129 Å². The second-order valence-corrected chi connectivity index (χ2v) is 4.73. The van der Waals surface area contributed by atoms with Crippen molar-refractivity contribution in [2.24, 2.45) is 0 Å². The number of benzene rings is 2. The van der Waals surface area contributed by atoms with Gasteiger partial charge in [-0.25, -0.2) is 0 Å². The maximum Gasteiger partial charge on any atom is 0.181 e. The van der Waals surface area contributed by atoms with Crippen molar-refractivity contribution in [3.63, 3.8) is 0 Å². The van der Waals surface area contributed by atoms with Crippen molar-refractivity contribution in [1.29, 1.82) is 0 Å². The maximum atomic E-state index is 6.23. The van der Waals surface area contributed by atoms with Crippen LogP contribution in [0.5, 0.6) is 11.5 Å². The summed E-state index contributed by atoms with van der Waals surface area (Å²) in [6, 6.07) is 13.7. The number of para-hydroxylation sites is 1. The van der Waals surface area contributed by atoms with Gasteiger partial charge in [0.25, 0.3) is 0 Å². The number of hydrogen-bond acceptors (Lipinski definition) is 3. The van der Waals surface area contributed by atoms with E-state index in [1.165, 1.54) is 0 Å². The third kappa shape index (κ3) is 4.08. The summed E-state index contributed by atoms with van der Waals surface area (Å²) in [7, 11) is 1.57. The normalized spacial score (nSPS) is 9.76. The third-order valence-electron chi connectivity index (χ3n) is 2.86. The molecule has 0 atom stereocenters. The predicted octanol–water partition coefficient (Wildman–Crippen LogP) is 3.97. The number of methoxy groups -OCH3 is 1. The van der Waals surface area contributed by atoms with Crippen molar-refractivity contribution < 1.29 is 9.47 Å². The first-order valence-electron chi connectivity index (χ1n) is 6.46. The zero-order chi connectivity index (χ0) is 15.1. The Bertz CT molecular complexity index is 635. The van der Waals surface area contributed by atoms with Crippen LogP contribution in [0.25, 0.3) is 0 Å². The van der Waals surface area contributed by atoms with E-state index in [0.29, 0.717) is 23.1 Å². The van der Waals surface area contributed by atoms with Gasteiger partial charge in [-0.2, -0.15) is 0 Å². The van der Waals surface area contributed by atoms with E-state index in [1.54, 1.807) is 7.11 Å². The topological polar surface area (TPSA) is 30.5 Å². The quantitative estimate of drug-likeness (QED) is 0.819. The van der Waals surface area contributed by atoms with Crippen LogP contribution >= 0.6 is 11.6 Å². The number of nitrogens with one attached hydrogen (secondary N) is 1. The van der Waals surface area contributed by atoms with Gasteiger partial charge in [0.2, 0.25) is 0 Å². The van der Waals surface area contributed by atoms with E-state index in [-0.39, 0.29) is 6.61 Å². The Morgan fingerprint density at radius 2 is 2.00 bits per heavy atom. The molecule has 0 spiro atoms. The first kappa shape index (κ1) is 15.1. The summed E-state index contributed by atoms with van der Waals surface area (Å²) in [5.74, 6) is 3.45. The highest BCUT2D eigenvalue weighted by molar-refractivity contribution is 6.32. The van der Waals surface area contributed by atoms with Crippen molar-refractivity contribution in [1.82, 2.24) is 0 Å². The molecule has 0 saturated carbocycles. The zero-order valence-corrected chi connectivity index (χ0v) is 12.5. The van der Waals surface area contributed by atoms with Gasteiger partial charge in [-0.05, 0) is 29.8 Å². The van der Waals surface area contributed by atoms with E-state index >= 15 is 0 Å². The molecule has 0 fully saturated rings. The van der Waals surface area contributed by atoms with Crippen LogP contribution in [-0.4, -0.2) is 13.7 Å². The highest BCUT2D eigenvalue weighted by Crippen LogP contribution is 2.36. The Hall–Kier alpha value is -2.31. The van der Waals surface area contributed by atoms with Crippen molar-refractivity contribution in [2.45, 2.75) is 6.54 Å². The fourth-order valence-electron chi connectivity index (χ4n) is 1.89. The lowest BCUT2D eigenvalue weighted by Gasteiger charge is -2.13. The van der Waals surface area contributed by atoms with Crippen LogP contribution in [0.3, 0.4) is 0 Å². The summed E-state index contributed by atoms with van der Waals surface area (Å²) in [4.78, 5) is 0. The molecule has 3 nitrogen and oxygen atoms in total. The van der Waals surface area contributed by atoms with Crippen molar-refractivity contribution in [3.8, 4) is 23.8 Å². The predicted molar refractivity (Wildman–Crippen MR) is 86.1 cm³/mol. The number of anilines is 1. The molecular formula is C17H16ClNO2. The van der Waals surface area contributed by atoms with Crippen LogP contribution in [0.15, 0.2) is 42.5 Å². The van der Waals surface area contributed by atoms with Gasteiger partial charge in [0.1, 0.15) is 6.61 Å². The van der Waals surface area contributed by atoms with E-state index in [4.69, 9.17) is 27.5 Å². The number of halogens is 1. The summed E-state index contributed by atoms with van der Waals surface area (Å²) in [5, 5.41) is 3.80. The fourth-order valence-corrected chi connectivity index (χ4v) is 2.18. The molecule has 0 aliphatic heterocycles. The molecule has 4 heteroatoms. The molecule has 0 amide bonds. The van der Waals surface area contributed by atoms with Crippen molar-refractivity contribution in [3.05, 3.63) is 53.1 Å². The molecule has 0 aliphatic rings. The lowest BCUT2D eigenvalue weighted by molar-refractivity contribution is 0.331. The Balaban J connectivity index is 2.14. The van der Waals surface area contributed by atoms with Crippen molar-refractivity contribution >= 4 is 17.3 Å². The first-order chi connectivity index (χ1) is 10.2. The fraction of sp³-hybridized carbons (Fsp3) is 0.176. The molecule has 0 aromatic heterocycles. The largest absolute Gasteiger partial charge is 0.493 e. The molecular weight excluding hydrogens is 286 g/mol. The zero-order valence-electron chi connectivity index (χ0n) is 11.7. The van der Waals surface area contributed by atoms with Gasteiger partial charge in [-0.3, -0.25) is 0 Å². The van der Waals surface area contributed by atoms with Crippen LogP contribution in [0.2, 0.25) is 5.02 Å². The lowest BCUT2D eigenvalue weighted by atomic mass is 10.2. The maximum absolute atomic E-state index is 6.23. The molecule has 0 radical (unpaired) electrons. The molecule has 108 valence electrons. The molecule has 2 aromatic carbocycles. The summed E-state index contributed by atoms with van der Waals surface area (Å²) in [5.41, 5.74) is 2.04. The van der Waals surface area contributed by atoms with Crippen LogP contribution in [0, 0.1) is 12.3 Å². The summed E-state index contributed by atoms with van der Waals surface area (Å²) in [6.45, 7) is 0.785. The van der Waals surface area contributed by atoms with Gasteiger partial charge in [-0.1, -0.05) is 35.7 Å². The molecule has 0 aliphatic carbocycles. The van der Waals surface area contributed by atoms with Crippen LogP contribution in [0.1, 0.15) is 5.56 Å². The van der Waals surface area contributed by atoms with Gasteiger partial charge >= 0.3 is 0 Å². The van der Waals surface area contributed by atoms with Crippen LogP contribution in [-0.2, 0) is 6.54 Å². The summed E-state index contributed by atoms with van der Waals surface area (Å²) >= 11 is 6.23. The molecule has 2 aromatic rings. The van der Waals surface area contributed by atoms with Crippen LogP contribution < -0.4 is 14.8 Å². The highest BCUT2D eigenvalue weighted by Gasteiger charge is 2.11. The number of terminal acetylenes is 1. The second-order valence-electron chi connectivity index (χ2n) is 4.32. The molecule has 0 unspecified atom stereocenters. The van der Waals surface area contributed by atoms with Crippen LogP contribution in [0.4, 0.5) is 5.69 Å². The lowest BCUT2D eigenvalue weighted by Crippen LogP contribution is -2.02. The van der Waals surface area contributed by atoms with Gasteiger partial charge in [0.05, 0.1) is 12.1 Å². The SMILES string of the molecule is C#CCOc1c(Cl)cc(CNc2ccccc2)cc1OC. The number of rotatable bonds is 6. The summed E-state index contributed by atoms with van der Waals surface area (Å²) in [6.07, 6.45) is 5.19. The highest BCUT2D eigenvalue weighted by atomic mass is 35.5. The van der Waals surface area contributed by atoms with E-state index in [0.717, 1.165) is 11.3 Å². The van der Waals surface area contributed by atoms with E-state index in [1.807, 2.05) is 42.5 Å². The Kier molecular flexibility index (Phi) is 5.36. The molecule has 21 heavy (non-hydrogen) atoms. The van der Waals surface area contributed by atoms with E-state index < -0.39 is 0 Å². The van der Waals surface area contributed by atoms with Crippen molar-refractivity contribution in [2.75, 3.05) is 19.0 Å². The third-order valence-corrected chi connectivity index (χ3v) is 3.14. The number of hydrogen-bond donors (Lipinski definition) is 1. The first-order valence-corrected chi connectivity index (χ1v) is 6.84. The minimum atomic E-state index is 0.150. The molecule has 1 N–H and O–H groups in total. The molecule has 0 bridgehead atoms. The number of ether oxygens (including phenoxy) is 2. The molecule has 0 saturated heterocycles. The van der Waals surface area contributed by atoms with Gasteiger partial charge in [0, 0.05) is 12.2 Å². The minimum absolute atomic E-state index is 0.150. The van der Waals surface area contributed by atoms with E-state index in [9.17, 15) is 0 Å². The molecule has 2 rings (SSSR count). The Morgan fingerprint density at radius 1 is 1.24 bits per heavy atom. The second kappa shape index (κ2) is 7.47. The Morgan fingerprint density at radius 3 is 2.67 bits per heavy atom. The summed E-state index contributed by atoms with van der Waals surface area (Å²) < 4.78 is 10.7. The molecule has 0 heterocycles. The average Bonchev–Trinajstić information content (AvgIpc) is 2.52. The van der Waals surface area contributed by atoms with E-state index in [2.05, 4.69) is 11.2 Å². The standard InChI is InChI=1S/C17H16ClNO2/c1-3-9-21-17-15(18)10-13(11-16(17)20-2)12-19-14-7-5-4-6-8-14/h1,4-8,10-11,19H,9,12H2,2H3. The van der Waals surface area contributed by atoms with Gasteiger partial charge in [0.15, 0.2) is 11.5 Å². The smallest absolute Gasteiger partial charge is 0.181 e. The van der Waals surface area contributed by atoms with Gasteiger partial charge in [-0.15, -0.1) is 6.42 Å². The minimum Gasteiger partial charge on any atom is -0.493 e.